The predicted octanol–water partition coefficient (Wildman–Crippen LogP) is 3.25. The molecule has 4 nitrogen and oxygen atoms in total. The number of anilines is 1. The van der Waals surface area contributed by atoms with Crippen LogP contribution in [0.3, 0.4) is 0 Å². The van der Waals surface area contributed by atoms with Gasteiger partial charge in [-0.05, 0) is 36.3 Å². The lowest BCUT2D eigenvalue weighted by Gasteiger charge is -2.10. The van der Waals surface area contributed by atoms with E-state index in [-0.39, 0.29) is 11.6 Å². The van der Waals surface area contributed by atoms with Crippen molar-refractivity contribution in [3.8, 4) is 0 Å². The second-order valence-electron chi connectivity index (χ2n) is 5.07. The molecular weight excluding hydrogens is 295 g/mol. The number of amides is 2. The molecule has 23 heavy (non-hydrogen) atoms. The molecule has 0 atom stereocenters. The summed E-state index contributed by atoms with van der Waals surface area (Å²) in [5, 5.41) is 5.06. The van der Waals surface area contributed by atoms with E-state index in [1.165, 1.54) is 13.0 Å². The Hall–Kier alpha value is -2.95. The fourth-order valence-electron chi connectivity index (χ4n) is 1.93. The summed E-state index contributed by atoms with van der Waals surface area (Å²) in [6.45, 7) is 2.95. The zero-order valence-corrected chi connectivity index (χ0v) is 12.9. The smallest absolute Gasteiger partial charge is 0.272 e. The van der Waals surface area contributed by atoms with Gasteiger partial charge in [0.2, 0.25) is 5.91 Å². The highest BCUT2D eigenvalue weighted by molar-refractivity contribution is 6.08. The molecular formula is C18H17FN2O2. The molecule has 0 bridgehead atoms. The molecule has 0 aromatic heterocycles. The highest BCUT2D eigenvalue weighted by atomic mass is 19.1. The van der Waals surface area contributed by atoms with Crippen molar-refractivity contribution in [2.24, 2.45) is 0 Å². The maximum Gasteiger partial charge on any atom is 0.272 e. The van der Waals surface area contributed by atoms with Crippen LogP contribution in [-0.4, -0.2) is 11.8 Å². The minimum absolute atomic E-state index is 0.0877. The predicted molar refractivity (Wildman–Crippen MR) is 88.0 cm³/mol. The molecule has 0 fully saturated rings. The van der Waals surface area contributed by atoms with Crippen LogP contribution in [0.4, 0.5) is 10.1 Å². The Morgan fingerprint density at radius 1 is 1.09 bits per heavy atom. The molecule has 0 aliphatic heterocycles. The number of carbonyl (C=O) groups excluding carboxylic acids is 2. The highest BCUT2D eigenvalue weighted by Crippen LogP contribution is 2.15. The first kappa shape index (κ1) is 16.4. The van der Waals surface area contributed by atoms with Crippen LogP contribution in [0, 0.1) is 12.7 Å². The molecule has 2 rings (SSSR count). The van der Waals surface area contributed by atoms with Crippen molar-refractivity contribution >= 4 is 23.6 Å². The lowest BCUT2D eigenvalue weighted by Crippen LogP contribution is -2.29. The minimum Gasteiger partial charge on any atom is -0.322 e. The van der Waals surface area contributed by atoms with Crippen LogP contribution in [0.25, 0.3) is 6.08 Å². The number of benzene rings is 2. The number of hydrogen-bond acceptors (Lipinski definition) is 2. The maximum absolute atomic E-state index is 13.6. The Morgan fingerprint density at radius 3 is 2.39 bits per heavy atom. The van der Waals surface area contributed by atoms with Crippen LogP contribution in [0.15, 0.2) is 54.2 Å². The van der Waals surface area contributed by atoms with Crippen LogP contribution < -0.4 is 10.6 Å². The molecule has 0 spiro atoms. The van der Waals surface area contributed by atoms with Crippen molar-refractivity contribution in [2.75, 3.05) is 5.32 Å². The SMILES string of the molecule is CC(=O)N/C(=C/c1ccccc1)C(=O)Nc1ccc(C)c(F)c1. The Balaban J connectivity index is 2.24. The van der Waals surface area contributed by atoms with Crippen LogP contribution in [0.1, 0.15) is 18.1 Å². The largest absolute Gasteiger partial charge is 0.322 e. The number of nitrogens with one attached hydrogen (secondary N) is 2. The van der Waals surface area contributed by atoms with Crippen molar-refractivity contribution in [3.05, 3.63) is 71.2 Å². The summed E-state index contributed by atoms with van der Waals surface area (Å²) < 4.78 is 13.6. The summed E-state index contributed by atoms with van der Waals surface area (Å²) >= 11 is 0. The number of hydrogen-bond donors (Lipinski definition) is 2. The second kappa shape index (κ2) is 7.35. The van der Waals surface area contributed by atoms with Gasteiger partial charge in [-0.1, -0.05) is 36.4 Å². The Kier molecular flexibility index (Phi) is 5.25. The number of rotatable bonds is 4. The average molecular weight is 312 g/mol. The van der Waals surface area contributed by atoms with Gasteiger partial charge < -0.3 is 10.6 Å². The van der Waals surface area contributed by atoms with E-state index in [2.05, 4.69) is 10.6 Å². The van der Waals surface area contributed by atoms with Gasteiger partial charge in [0.15, 0.2) is 0 Å². The van der Waals surface area contributed by atoms with E-state index < -0.39 is 11.7 Å². The molecule has 2 aromatic carbocycles. The van der Waals surface area contributed by atoms with Gasteiger partial charge in [-0.2, -0.15) is 0 Å². The molecule has 0 unspecified atom stereocenters. The van der Waals surface area contributed by atoms with E-state index in [9.17, 15) is 14.0 Å². The summed E-state index contributed by atoms with van der Waals surface area (Å²) in [6, 6.07) is 13.5. The summed E-state index contributed by atoms with van der Waals surface area (Å²) in [4.78, 5) is 23.6. The van der Waals surface area contributed by atoms with Gasteiger partial charge in [-0.3, -0.25) is 9.59 Å². The van der Waals surface area contributed by atoms with Crippen molar-refractivity contribution in [3.63, 3.8) is 0 Å². The van der Waals surface area contributed by atoms with Gasteiger partial charge in [0, 0.05) is 12.6 Å². The van der Waals surface area contributed by atoms with Crippen molar-refractivity contribution in [2.45, 2.75) is 13.8 Å². The van der Waals surface area contributed by atoms with Crippen LogP contribution >= 0.6 is 0 Å². The minimum atomic E-state index is -0.521. The fourth-order valence-corrected chi connectivity index (χ4v) is 1.93. The molecule has 0 aliphatic carbocycles. The van der Waals surface area contributed by atoms with Gasteiger partial charge in [0.25, 0.3) is 5.91 Å². The van der Waals surface area contributed by atoms with Gasteiger partial charge in [0.05, 0.1) is 0 Å². The van der Waals surface area contributed by atoms with Crippen LogP contribution in [0.2, 0.25) is 0 Å². The topological polar surface area (TPSA) is 58.2 Å². The second-order valence-corrected chi connectivity index (χ2v) is 5.07. The molecule has 0 aliphatic rings. The number of aryl methyl sites for hydroxylation is 1. The molecule has 118 valence electrons. The quantitative estimate of drug-likeness (QED) is 0.851. The maximum atomic E-state index is 13.6. The first-order valence-electron chi connectivity index (χ1n) is 7.07. The summed E-state index contributed by atoms with van der Waals surface area (Å²) in [5.41, 5.74) is 1.67. The van der Waals surface area contributed by atoms with E-state index in [0.29, 0.717) is 11.3 Å². The fraction of sp³-hybridized carbons (Fsp3) is 0.111. The van der Waals surface area contributed by atoms with E-state index in [1.807, 2.05) is 18.2 Å². The van der Waals surface area contributed by atoms with Crippen molar-refractivity contribution in [1.82, 2.24) is 5.32 Å². The monoisotopic (exact) mass is 312 g/mol. The third-order valence-electron chi connectivity index (χ3n) is 3.10. The van der Waals surface area contributed by atoms with Gasteiger partial charge >= 0.3 is 0 Å². The van der Waals surface area contributed by atoms with Crippen molar-refractivity contribution < 1.29 is 14.0 Å². The van der Waals surface area contributed by atoms with Crippen LogP contribution in [0.5, 0.6) is 0 Å². The first-order chi connectivity index (χ1) is 11.0. The molecule has 0 saturated carbocycles. The van der Waals surface area contributed by atoms with Gasteiger partial charge in [0.1, 0.15) is 11.5 Å². The number of halogens is 1. The van der Waals surface area contributed by atoms with Gasteiger partial charge in [-0.15, -0.1) is 0 Å². The lowest BCUT2D eigenvalue weighted by molar-refractivity contribution is -0.120. The van der Waals surface area contributed by atoms with E-state index in [0.717, 1.165) is 5.56 Å². The summed E-state index contributed by atoms with van der Waals surface area (Å²) in [6.07, 6.45) is 1.56. The third kappa shape index (κ3) is 4.78. The van der Waals surface area contributed by atoms with E-state index >= 15 is 0 Å². The van der Waals surface area contributed by atoms with E-state index in [1.54, 1.807) is 37.3 Å². The Morgan fingerprint density at radius 2 is 1.78 bits per heavy atom. The molecule has 0 heterocycles. The number of carbonyl (C=O) groups is 2. The average Bonchev–Trinajstić information content (AvgIpc) is 2.51. The zero-order chi connectivity index (χ0) is 16.8. The van der Waals surface area contributed by atoms with E-state index in [4.69, 9.17) is 0 Å². The normalized spacial score (nSPS) is 11.0. The highest BCUT2D eigenvalue weighted by Gasteiger charge is 2.12. The summed E-state index contributed by atoms with van der Waals surface area (Å²) in [7, 11) is 0. The lowest BCUT2D eigenvalue weighted by atomic mass is 10.1. The van der Waals surface area contributed by atoms with Gasteiger partial charge in [-0.25, -0.2) is 4.39 Å². The molecule has 2 amide bonds. The Bertz CT molecular complexity index is 755. The Labute approximate surface area is 134 Å². The molecule has 0 radical (unpaired) electrons. The zero-order valence-electron chi connectivity index (χ0n) is 12.9. The molecule has 0 saturated heterocycles. The van der Waals surface area contributed by atoms with Crippen LogP contribution in [-0.2, 0) is 9.59 Å². The summed E-state index contributed by atoms with van der Waals surface area (Å²) in [5.74, 6) is -1.29. The first-order valence-corrected chi connectivity index (χ1v) is 7.07. The van der Waals surface area contributed by atoms with Crippen molar-refractivity contribution in [1.29, 1.82) is 0 Å². The standard InChI is InChI=1S/C18H17FN2O2/c1-12-8-9-15(11-16(12)19)21-18(23)17(20-13(2)22)10-14-6-4-3-5-7-14/h3-11H,1-2H3,(H,20,22)(H,21,23)/b17-10+. The third-order valence-corrected chi connectivity index (χ3v) is 3.10. The molecule has 2 aromatic rings. The molecule has 2 N–H and O–H groups in total. The molecule has 5 heteroatoms.